The van der Waals surface area contributed by atoms with Gasteiger partial charge in [0.05, 0.1) is 17.4 Å². The number of hydrogen-bond donors (Lipinski definition) is 1. The molecule has 1 amide bonds. The lowest BCUT2D eigenvalue weighted by atomic mass is 9.99. The first kappa shape index (κ1) is 24.6. The van der Waals surface area contributed by atoms with Crippen LogP contribution in [0.3, 0.4) is 0 Å². The molecule has 4 aromatic rings. The van der Waals surface area contributed by atoms with Crippen molar-refractivity contribution in [3.8, 4) is 11.5 Å². The highest BCUT2D eigenvalue weighted by Gasteiger charge is 2.17. The predicted octanol–water partition coefficient (Wildman–Crippen LogP) is 4.91. The number of hydrogen-bond acceptors (Lipinski definition) is 6. The molecule has 7 nitrogen and oxygen atoms in total. The Hall–Kier alpha value is -3.55. The van der Waals surface area contributed by atoms with Crippen molar-refractivity contribution >= 4 is 40.4 Å². The zero-order chi connectivity index (χ0) is 23.5. The van der Waals surface area contributed by atoms with Crippen LogP contribution in [-0.4, -0.2) is 37.7 Å². The third-order valence-corrected chi connectivity index (χ3v) is 6.12. The quantitative estimate of drug-likeness (QED) is 0.303. The molecule has 1 aliphatic rings. The molecule has 0 unspecified atom stereocenters. The monoisotopic (exact) mass is 494 g/mol. The van der Waals surface area contributed by atoms with Crippen LogP contribution in [0, 0.1) is 0 Å². The molecule has 1 aliphatic heterocycles. The Kier molecular flexibility index (Phi) is 7.58. The maximum atomic E-state index is 12.7. The Morgan fingerprint density at radius 3 is 2.66 bits per heavy atom. The first-order chi connectivity index (χ1) is 16.6. The van der Waals surface area contributed by atoms with Gasteiger partial charge in [0.1, 0.15) is 22.7 Å². The minimum absolute atomic E-state index is 0. The van der Waals surface area contributed by atoms with Gasteiger partial charge in [-0.1, -0.05) is 18.2 Å². The van der Waals surface area contributed by atoms with Gasteiger partial charge >= 0.3 is 6.09 Å². The van der Waals surface area contributed by atoms with Crippen molar-refractivity contribution in [1.82, 2.24) is 10.2 Å². The summed E-state index contributed by atoms with van der Waals surface area (Å²) in [5.41, 5.74) is 3.56. The van der Waals surface area contributed by atoms with Crippen molar-refractivity contribution in [1.29, 1.82) is 0 Å². The highest BCUT2D eigenvalue weighted by molar-refractivity contribution is 5.90. The third kappa shape index (κ3) is 5.42. The average Bonchev–Trinajstić information content (AvgIpc) is 2.86. The van der Waals surface area contributed by atoms with Crippen LogP contribution in [-0.2, 0) is 13.0 Å². The Morgan fingerprint density at radius 2 is 1.80 bits per heavy atom. The molecule has 182 valence electrons. The summed E-state index contributed by atoms with van der Waals surface area (Å²) in [5, 5.41) is 3.60. The molecule has 3 aromatic carbocycles. The summed E-state index contributed by atoms with van der Waals surface area (Å²) in [4.78, 5) is 26.5. The first-order valence-corrected chi connectivity index (χ1v) is 11.4. The zero-order valence-electron chi connectivity index (χ0n) is 19.4. The Morgan fingerprint density at radius 1 is 1.00 bits per heavy atom. The lowest BCUT2D eigenvalue weighted by Gasteiger charge is -2.29. The molecule has 35 heavy (non-hydrogen) atoms. The fraction of sp³-hybridized carbons (Fsp3) is 0.259. The molecule has 0 spiro atoms. The number of carbonyl (C=O) groups excluding carboxylic acids is 1. The zero-order valence-corrected chi connectivity index (χ0v) is 20.2. The summed E-state index contributed by atoms with van der Waals surface area (Å²) < 4.78 is 17.1. The van der Waals surface area contributed by atoms with Gasteiger partial charge in [0.2, 0.25) is 5.43 Å². The van der Waals surface area contributed by atoms with Crippen LogP contribution in [0.4, 0.5) is 4.79 Å². The van der Waals surface area contributed by atoms with E-state index in [2.05, 4.69) is 10.2 Å². The molecule has 0 radical (unpaired) electrons. The van der Waals surface area contributed by atoms with E-state index >= 15 is 0 Å². The summed E-state index contributed by atoms with van der Waals surface area (Å²) in [6.07, 6.45) is 1.36. The molecule has 0 saturated heterocycles. The second-order valence-electron chi connectivity index (χ2n) is 8.38. The minimum Gasteiger partial charge on any atom is -0.493 e. The van der Waals surface area contributed by atoms with Crippen LogP contribution in [0.25, 0.3) is 21.9 Å². The number of fused-ring (bicyclic) bond motifs is 3. The first-order valence-electron chi connectivity index (χ1n) is 11.4. The third-order valence-electron chi connectivity index (χ3n) is 6.12. The molecular formula is C27H27ClN2O5. The lowest BCUT2D eigenvalue weighted by molar-refractivity contribution is 0.202. The van der Waals surface area contributed by atoms with E-state index in [1.165, 1.54) is 11.1 Å². The Bertz CT molecular complexity index is 1420. The van der Waals surface area contributed by atoms with Crippen LogP contribution in [0.1, 0.15) is 17.5 Å². The summed E-state index contributed by atoms with van der Waals surface area (Å²) in [6.45, 7) is 3.26. The summed E-state index contributed by atoms with van der Waals surface area (Å²) in [6, 6.07) is 18.5. The van der Waals surface area contributed by atoms with E-state index in [0.29, 0.717) is 40.0 Å². The fourth-order valence-electron chi connectivity index (χ4n) is 4.35. The van der Waals surface area contributed by atoms with Crippen LogP contribution in [0.5, 0.6) is 11.5 Å². The van der Waals surface area contributed by atoms with E-state index in [1.54, 1.807) is 31.3 Å². The van der Waals surface area contributed by atoms with Gasteiger partial charge in [-0.25, -0.2) is 4.79 Å². The van der Waals surface area contributed by atoms with E-state index in [9.17, 15) is 9.59 Å². The van der Waals surface area contributed by atoms with E-state index in [4.69, 9.17) is 13.9 Å². The van der Waals surface area contributed by atoms with Crippen molar-refractivity contribution < 1.29 is 18.7 Å². The second kappa shape index (κ2) is 10.8. The van der Waals surface area contributed by atoms with E-state index < -0.39 is 6.09 Å². The van der Waals surface area contributed by atoms with E-state index in [1.807, 2.05) is 36.4 Å². The number of halogens is 1. The Balaban J connectivity index is 0.00000289. The highest BCUT2D eigenvalue weighted by atomic mass is 35.5. The molecule has 1 aromatic heterocycles. The minimum atomic E-state index is -0.467. The van der Waals surface area contributed by atoms with Gasteiger partial charge in [-0.15, -0.1) is 12.4 Å². The number of nitrogens with zero attached hydrogens (tertiary/aromatic N) is 1. The Labute approximate surface area is 209 Å². The summed E-state index contributed by atoms with van der Waals surface area (Å²) >= 11 is 0. The maximum Gasteiger partial charge on any atom is 0.412 e. The SMILES string of the molecule is CNC(=O)Oc1ccc2c(c1)CN(CCCOc1ccc3c(=O)c4ccccc4oc3c1)CC2.Cl. The van der Waals surface area contributed by atoms with Crippen molar-refractivity contribution in [3.05, 3.63) is 82.0 Å². The van der Waals surface area contributed by atoms with Gasteiger partial charge in [0, 0.05) is 32.7 Å². The van der Waals surface area contributed by atoms with Gasteiger partial charge in [-0.3, -0.25) is 9.69 Å². The van der Waals surface area contributed by atoms with Crippen molar-refractivity contribution in [2.75, 3.05) is 26.7 Å². The van der Waals surface area contributed by atoms with E-state index in [-0.39, 0.29) is 17.8 Å². The van der Waals surface area contributed by atoms with E-state index in [0.717, 1.165) is 32.5 Å². The van der Waals surface area contributed by atoms with Crippen LogP contribution in [0.2, 0.25) is 0 Å². The number of ether oxygens (including phenoxy) is 2. The lowest BCUT2D eigenvalue weighted by Crippen LogP contribution is -2.32. The molecule has 2 heterocycles. The average molecular weight is 495 g/mol. The molecule has 8 heteroatoms. The summed E-state index contributed by atoms with van der Waals surface area (Å²) in [5.74, 6) is 1.24. The molecule has 0 bridgehead atoms. The molecule has 0 atom stereocenters. The molecule has 0 aliphatic carbocycles. The molecule has 0 fully saturated rings. The standard InChI is InChI=1S/C27H26N2O5.ClH/c1-28-27(31)33-21-8-7-18-11-13-29(17-19(18)15-21)12-4-14-32-20-9-10-23-25(16-20)34-24-6-3-2-5-22(24)26(23)30;/h2-3,5-10,15-16H,4,11-14,17H2,1H3,(H,28,31);1H. The fourth-order valence-corrected chi connectivity index (χ4v) is 4.35. The largest absolute Gasteiger partial charge is 0.493 e. The number of para-hydroxylation sites is 1. The number of nitrogens with one attached hydrogen (secondary N) is 1. The van der Waals surface area contributed by atoms with Gasteiger partial charge < -0.3 is 19.2 Å². The van der Waals surface area contributed by atoms with Crippen LogP contribution < -0.4 is 20.2 Å². The molecule has 0 saturated carbocycles. The highest BCUT2D eigenvalue weighted by Crippen LogP contribution is 2.25. The maximum absolute atomic E-state index is 12.7. The van der Waals surface area contributed by atoms with Gasteiger partial charge in [-0.2, -0.15) is 0 Å². The van der Waals surface area contributed by atoms with Crippen molar-refractivity contribution in [2.24, 2.45) is 0 Å². The summed E-state index contributed by atoms with van der Waals surface area (Å²) in [7, 11) is 1.54. The second-order valence-corrected chi connectivity index (χ2v) is 8.38. The number of carbonyl (C=O) groups is 1. The van der Waals surface area contributed by atoms with Crippen molar-refractivity contribution in [3.63, 3.8) is 0 Å². The smallest absolute Gasteiger partial charge is 0.412 e. The topological polar surface area (TPSA) is 81.0 Å². The number of benzene rings is 3. The van der Waals surface area contributed by atoms with Gasteiger partial charge in [0.25, 0.3) is 0 Å². The van der Waals surface area contributed by atoms with Crippen molar-refractivity contribution in [2.45, 2.75) is 19.4 Å². The molecule has 5 rings (SSSR count). The van der Waals surface area contributed by atoms with Gasteiger partial charge in [0.15, 0.2) is 0 Å². The number of rotatable bonds is 6. The molecule has 1 N–H and O–H groups in total. The normalized spacial score (nSPS) is 13.2. The molecular weight excluding hydrogens is 468 g/mol. The van der Waals surface area contributed by atoms with Crippen LogP contribution >= 0.6 is 12.4 Å². The van der Waals surface area contributed by atoms with Crippen LogP contribution in [0.15, 0.2) is 69.9 Å². The van der Waals surface area contributed by atoms with Gasteiger partial charge in [-0.05, 0) is 60.4 Å². The predicted molar refractivity (Wildman–Crippen MR) is 138 cm³/mol. The number of amides is 1.